The fraction of sp³-hybridized carbons (Fsp3) is 0.125. The summed E-state index contributed by atoms with van der Waals surface area (Å²) in [5.41, 5.74) is 2.81. The summed E-state index contributed by atoms with van der Waals surface area (Å²) in [5, 5.41) is 9.76. The zero-order valence-corrected chi connectivity index (χ0v) is 12.3. The maximum atomic E-state index is 4.40. The molecule has 22 heavy (non-hydrogen) atoms. The largest absolute Gasteiger partial charge is 0.336 e. The maximum absolute atomic E-state index is 4.40. The fourth-order valence-corrected chi connectivity index (χ4v) is 2.61. The van der Waals surface area contributed by atoms with Crippen molar-refractivity contribution in [2.75, 3.05) is 0 Å². The third-order valence-electron chi connectivity index (χ3n) is 3.77. The van der Waals surface area contributed by atoms with Gasteiger partial charge in [-0.2, -0.15) is 0 Å². The van der Waals surface area contributed by atoms with Gasteiger partial charge in [0.1, 0.15) is 11.5 Å². The Labute approximate surface area is 127 Å². The lowest BCUT2D eigenvalue weighted by molar-refractivity contribution is 0.882. The van der Waals surface area contributed by atoms with E-state index in [2.05, 4.69) is 20.2 Å². The summed E-state index contributed by atoms with van der Waals surface area (Å²) in [6.45, 7) is 1.94. The molecule has 108 valence electrons. The number of imidazole rings is 1. The second-order valence-corrected chi connectivity index (χ2v) is 5.14. The number of nitrogens with zero attached hydrogens (tertiary/aromatic N) is 6. The van der Waals surface area contributed by atoms with Crippen molar-refractivity contribution in [1.29, 1.82) is 0 Å². The Morgan fingerprint density at radius 2 is 1.82 bits per heavy atom. The molecule has 0 aromatic carbocycles. The summed E-state index contributed by atoms with van der Waals surface area (Å²) >= 11 is 0. The monoisotopic (exact) mass is 290 g/mol. The van der Waals surface area contributed by atoms with Crippen LogP contribution >= 0.6 is 0 Å². The van der Waals surface area contributed by atoms with E-state index >= 15 is 0 Å². The molecule has 0 bridgehead atoms. The molecule has 4 aromatic rings. The van der Waals surface area contributed by atoms with Gasteiger partial charge in [0.2, 0.25) is 0 Å². The van der Waals surface area contributed by atoms with E-state index in [4.69, 9.17) is 0 Å². The Balaban J connectivity index is 1.81. The SMILES string of the molecule is Cc1nccn1-c1ccc(-c2ccnc3c2ccn3C)nn1. The van der Waals surface area contributed by atoms with Crippen LogP contribution in [-0.4, -0.2) is 29.3 Å². The number of hydrogen-bond acceptors (Lipinski definition) is 4. The summed E-state index contributed by atoms with van der Waals surface area (Å²) in [6, 6.07) is 7.94. The zero-order valence-electron chi connectivity index (χ0n) is 12.3. The molecule has 0 aliphatic carbocycles. The van der Waals surface area contributed by atoms with E-state index in [-0.39, 0.29) is 0 Å². The average molecular weight is 290 g/mol. The summed E-state index contributed by atoms with van der Waals surface area (Å²) in [5.74, 6) is 1.65. The molecular weight excluding hydrogens is 276 g/mol. The van der Waals surface area contributed by atoms with Crippen molar-refractivity contribution in [2.24, 2.45) is 7.05 Å². The van der Waals surface area contributed by atoms with Crippen molar-refractivity contribution in [2.45, 2.75) is 6.92 Å². The van der Waals surface area contributed by atoms with Crippen molar-refractivity contribution in [3.8, 4) is 17.1 Å². The minimum Gasteiger partial charge on any atom is -0.336 e. The lowest BCUT2D eigenvalue weighted by atomic mass is 10.1. The smallest absolute Gasteiger partial charge is 0.160 e. The van der Waals surface area contributed by atoms with Crippen LogP contribution < -0.4 is 0 Å². The Bertz CT molecular complexity index is 948. The minimum atomic E-state index is 0.761. The van der Waals surface area contributed by atoms with Gasteiger partial charge >= 0.3 is 0 Å². The van der Waals surface area contributed by atoms with Crippen LogP contribution in [0, 0.1) is 6.92 Å². The predicted octanol–water partition coefficient (Wildman–Crippen LogP) is 2.52. The molecule has 6 heteroatoms. The van der Waals surface area contributed by atoms with Crippen LogP contribution in [0.1, 0.15) is 5.82 Å². The molecule has 0 amide bonds. The van der Waals surface area contributed by atoms with E-state index in [9.17, 15) is 0 Å². The summed E-state index contributed by atoms with van der Waals surface area (Å²) in [4.78, 5) is 8.60. The minimum absolute atomic E-state index is 0.761. The van der Waals surface area contributed by atoms with Gasteiger partial charge in [-0.1, -0.05) is 0 Å². The highest BCUT2D eigenvalue weighted by molar-refractivity contribution is 5.92. The molecule has 0 N–H and O–H groups in total. The first-order valence-electron chi connectivity index (χ1n) is 6.98. The third kappa shape index (κ3) is 1.88. The molecule has 0 unspecified atom stereocenters. The number of hydrogen-bond donors (Lipinski definition) is 0. The average Bonchev–Trinajstić information content (AvgIpc) is 3.14. The van der Waals surface area contributed by atoms with Gasteiger partial charge in [-0.25, -0.2) is 9.97 Å². The normalized spacial score (nSPS) is 11.2. The Morgan fingerprint density at radius 1 is 0.909 bits per heavy atom. The standard InChI is InChI=1S/C16H14N6/c1-11-17-8-10-22(11)15-4-3-14(19-20-15)12-5-7-18-16-13(12)6-9-21(16)2/h3-10H,1-2H3. The first-order valence-corrected chi connectivity index (χ1v) is 6.98. The second-order valence-electron chi connectivity index (χ2n) is 5.14. The molecule has 0 radical (unpaired) electrons. The molecule has 6 nitrogen and oxygen atoms in total. The van der Waals surface area contributed by atoms with Crippen molar-refractivity contribution in [3.05, 3.63) is 54.9 Å². The van der Waals surface area contributed by atoms with Crippen molar-refractivity contribution >= 4 is 11.0 Å². The van der Waals surface area contributed by atoms with Gasteiger partial charge in [-0.3, -0.25) is 4.57 Å². The third-order valence-corrected chi connectivity index (χ3v) is 3.77. The van der Waals surface area contributed by atoms with E-state index in [0.717, 1.165) is 33.9 Å². The molecule has 4 heterocycles. The first kappa shape index (κ1) is 12.7. The summed E-state index contributed by atoms with van der Waals surface area (Å²) in [7, 11) is 1.98. The van der Waals surface area contributed by atoms with Gasteiger partial charge in [-0.15, -0.1) is 10.2 Å². The second kappa shape index (κ2) is 4.77. The van der Waals surface area contributed by atoms with Crippen LogP contribution in [0.2, 0.25) is 0 Å². The van der Waals surface area contributed by atoms with E-state index in [1.807, 2.05) is 59.8 Å². The number of fused-ring (bicyclic) bond motifs is 1. The Hall–Kier alpha value is -3.02. The first-order chi connectivity index (χ1) is 10.7. The van der Waals surface area contributed by atoms with Crippen LogP contribution in [0.25, 0.3) is 28.1 Å². The number of pyridine rings is 1. The summed E-state index contributed by atoms with van der Waals surface area (Å²) in [6.07, 6.45) is 7.42. The lowest BCUT2D eigenvalue weighted by Gasteiger charge is -2.05. The van der Waals surface area contributed by atoms with Crippen LogP contribution in [0.4, 0.5) is 0 Å². The molecule has 0 saturated carbocycles. The Kier molecular flexibility index (Phi) is 2.75. The fourth-order valence-electron chi connectivity index (χ4n) is 2.61. The van der Waals surface area contributed by atoms with E-state index in [0.29, 0.717) is 0 Å². The van der Waals surface area contributed by atoms with Crippen LogP contribution in [0.15, 0.2) is 49.1 Å². The van der Waals surface area contributed by atoms with Gasteiger partial charge in [0.25, 0.3) is 0 Å². The lowest BCUT2D eigenvalue weighted by Crippen LogP contribution is -2.01. The molecular formula is C16H14N6. The van der Waals surface area contributed by atoms with Crippen molar-refractivity contribution in [3.63, 3.8) is 0 Å². The van der Waals surface area contributed by atoms with Crippen LogP contribution in [-0.2, 0) is 7.05 Å². The number of aromatic nitrogens is 6. The molecule has 4 rings (SSSR count). The molecule has 0 aliphatic rings. The maximum Gasteiger partial charge on any atom is 0.160 e. The number of aryl methyl sites for hydroxylation is 2. The van der Waals surface area contributed by atoms with E-state index in [1.165, 1.54) is 0 Å². The van der Waals surface area contributed by atoms with Crippen LogP contribution in [0.3, 0.4) is 0 Å². The van der Waals surface area contributed by atoms with Gasteiger partial charge in [-0.05, 0) is 31.2 Å². The van der Waals surface area contributed by atoms with E-state index in [1.54, 1.807) is 12.4 Å². The number of rotatable bonds is 2. The van der Waals surface area contributed by atoms with Gasteiger partial charge < -0.3 is 4.57 Å². The predicted molar refractivity (Wildman–Crippen MR) is 83.6 cm³/mol. The molecule has 0 spiro atoms. The molecule has 0 aliphatic heterocycles. The van der Waals surface area contributed by atoms with E-state index < -0.39 is 0 Å². The molecule has 0 fully saturated rings. The van der Waals surface area contributed by atoms with Crippen molar-refractivity contribution in [1.82, 2.24) is 29.3 Å². The highest BCUT2D eigenvalue weighted by Gasteiger charge is 2.09. The zero-order chi connectivity index (χ0) is 15.1. The summed E-state index contributed by atoms with van der Waals surface area (Å²) < 4.78 is 3.90. The van der Waals surface area contributed by atoms with Crippen LogP contribution in [0.5, 0.6) is 0 Å². The topological polar surface area (TPSA) is 61.4 Å². The molecule has 0 atom stereocenters. The van der Waals surface area contributed by atoms with Crippen molar-refractivity contribution < 1.29 is 0 Å². The molecule has 0 saturated heterocycles. The highest BCUT2D eigenvalue weighted by Crippen LogP contribution is 2.26. The van der Waals surface area contributed by atoms with Gasteiger partial charge in [0.15, 0.2) is 5.82 Å². The van der Waals surface area contributed by atoms with Gasteiger partial charge in [0.05, 0.1) is 5.69 Å². The quantitative estimate of drug-likeness (QED) is 0.569. The van der Waals surface area contributed by atoms with Gasteiger partial charge in [0, 0.05) is 42.8 Å². The Morgan fingerprint density at radius 3 is 2.55 bits per heavy atom. The highest BCUT2D eigenvalue weighted by atomic mass is 15.2. The molecule has 4 aromatic heterocycles.